The van der Waals surface area contributed by atoms with Gasteiger partial charge in [-0.3, -0.25) is 24.5 Å². The number of benzene rings is 2. The minimum absolute atomic E-state index is 0.155. The number of ether oxygens (including phenoxy) is 2. The average molecular weight is 503 g/mol. The van der Waals surface area contributed by atoms with Crippen LogP contribution in [0.5, 0.6) is 0 Å². The Morgan fingerprint density at radius 3 is 2.17 bits per heavy atom. The zero-order valence-corrected chi connectivity index (χ0v) is 19.9. The summed E-state index contributed by atoms with van der Waals surface area (Å²) in [6.45, 7) is 1.18. The van der Waals surface area contributed by atoms with Crippen molar-refractivity contribution in [1.82, 2.24) is 10.6 Å². The van der Waals surface area contributed by atoms with Gasteiger partial charge in [0.15, 0.2) is 0 Å². The highest BCUT2D eigenvalue weighted by molar-refractivity contribution is 5.91. The lowest BCUT2D eigenvalue weighted by atomic mass is 9.87. The minimum Gasteiger partial charge on any atom is -0.469 e. The fourth-order valence-electron chi connectivity index (χ4n) is 3.58. The van der Waals surface area contributed by atoms with Crippen LogP contribution in [0.15, 0.2) is 48.5 Å². The predicted octanol–water partition coefficient (Wildman–Crippen LogP) is 1.79. The summed E-state index contributed by atoms with van der Waals surface area (Å²) in [6, 6.07) is 8.06. The van der Waals surface area contributed by atoms with Crippen LogP contribution >= 0.6 is 0 Å². The fraction of sp³-hybridized carbons (Fsp3) is 0.333. The van der Waals surface area contributed by atoms with Crippen LogP contribution in [0, 0.1) is 15.9 Å². The molecule has 2 amide bonds. The number of halogens is 1. The van der Waals surface area contributed by atoms with E-state index in [0.717, 1.165) is 14.2 Å². The molecular weight excluding hydrogens is 477 g/mol. The highest BCUT2D eigenvalue weighted by atomic mass is 19.1. The average Bonchev–Trinajstić information content (AvgIpc) is 2.85. The number of non-ortho nitro benzene ring substituents is 1. The molecule has 0 bridgehead atoms. The topological polar surface area (TPSA) is 154 Å². The Morgan fingerprint density at radius 2 is 1.64 bits per heavy atom. The first-order chi connectivity index (χ1) is 17.1. The maximum Gasteiger partial charge on any atom is 0.329 e. The van der Waals surface area contributed by atoms with Gasteiger partial charge in [-0.15, -0.1) is 0 Å². The molecule has 2 aromatic carbocycles. The van der Waals surface area contributed by atoms with E-state index in [9.17, 15) is 33.7 Å². The molecule has 0 aromatic heterocycles. The molecule has 12 heteroatoms. The summed E-state index contributed by atoms with van der Waals surface area (Å²) in [5.41, 5.74) is 0.249. The van der Waals surface area contributed by atoms with Crippen LogP contribution in [-0.2, 0) is 35.1 Å². The second-order valence-corrected chi connectivity index (χ2v) is 7.79. The molecule has 11 nitrogen and oxygen atoms in total. The summed E-state index contributed by atoms with van der Waals surface area (Å²) in [7, 11) is 2.22. The molecule has 0 saturated heterocycles. The largest absolute Gasteiger partial charge is 0.469 e. The molecule has 0 aliphatic heterocycles. The molecule has 2 N–H and O–H groups in total. The Balaban J connectivity index is 2.43. The van der Waals surface area contributed by atoms with Gasteiger partial charge in [0.2, 0.25) is 11.8 Å². The third-order valence-corrected chi connectivity index (χ3v) is 5.38. The van der Waals surface area contributed by atoms with Crippen molar-refractivity contribution in [3.05, 3.63) is 75.6 Å². The molecule has 0 aliphatic carbocycles. The van der Waals surface area contributed by atoms with Crippen molar-refractivity contribution in [1.29, 1.82) is 0 Å². The minimum atomic E-state index is -1.44. The van der Waals surface area contributed by atoms with Crippen LogP contribution in [0.1, 0.15) is 30.4 Å². The molecule has 0 radical (unpaired) electrons. The van der Waals surface area contributed by atoms with E-state index in [4.69, 9.17) is 9.47 Å². The number of rotatable bonds is 11. The van der Waals surface area contributed by atoms with Gasteiger partial charge in [0, 0.05) is 31.4 Å². The van der Waals surface area contributed by atoms with Crippen LogP contribution in [-0.4, -0.2) is 55.0 Å². The Hall–Kier alpha value is -4.35. The van der Waals surface area contributed by atoms with Crippen LogP contribution in [0.3, 0.4) is 0 Å². The highest BCUT2D eigenvalue weighted by Crippen LogP contribution is 2.27. The van der Waals surface area contributed by atoms with Gasteiger partial charge in [0.25, 0.3) is 5.69 Å². The van der Waals surface area contributed by atoms with E-state index < -0.39 is 52.5 Å². The number of carbonyl (C=O) groups excluding carboxylic acids is 4. The number of nitrogens with zero attached hydrogens (tertiary/aromatic N) is 1. The summed E-state index contributed by atoms with van der Waals surface area (Å²) >= 11 is 0. The number of nitro benzene ring substituents is 1. The molecular formula is C24H26FN3O8. The van der Waals surface area contributed by atoms with Crippen LogP contribution < -0.4 is 10.6 Å². The maximum absolute atomic E-state index is 14.2. The van der Waals surface area contributed by atoms with Gasteiger partial charge >= 0.3 is 11.9 Å². The smallest absolute Gasteiger partial charge is 0.329 e. The number of esters is 2. The predicted molar refractivity (Wildman–Crippen MR) is 124 cm³/mol. The van der Waals surface area contributed by atoms with Crippen molar-refractivity contribution < 1.29 is 38.0 Å². The SMILES string of the molecule is COC(=O)C[C@@H](c1ccc([N+](=O)[O-])cc1)[C@@H](NC(=O)[C@@H](Cc1ccccc1F)NC(C)=O)C(=O)OC. The fourth-order valence-corrected chi connectivity index (χ4v) is 3.58. The summed E-state index contributed by atoms with van der Waals surface area (Å²) in [6.07, 6.45) is -0.600. The molecule has 2 aromatic rings. The first-order valence-corrected chi connectivity index (χ1v) is 10.8. The molecule has 0 saturated carbocycles. The van der Waals surface area contributed by atoms with E-state index in [0.29, 0.717) is 5.56 Å². The van der Waals surface area contributed by atoms with Crippen molar-refractivity contribution in [3.8, 4) is 0 Å². The monoisotopic (exact) mass is 503 g/mol. The first-order valence-electron chi connectivity index (χ1n) is 10.8. The third kappa shape index (κ3) is 7.58. The maximum atomic E-state index is 14.2. The van der Waals surface area contributed by atoms with Crippen molar-refractivity contribution in [2.24, 2.45) is 0 Å². The summed E-state index contributed by atoms with van der Waals surface area (Å²) < 4.78 is 23.7. The number of nitro groups is 1. The molecule has 0 aliphatic rings. The molecule has 0 heterocycles. The van der Waals surface area contributed by atoms with E-state index >= 15 is 0 Å². The quantitative estimate of drug-likeness (QED) is 0.267. The van der Waals surface area contributed by atoms with E-state index in [2.05, 4.69) is 10.6 Å². The van der Waals surface area contributed by atoms with Gasteiger partial charge in [-0.25, -0.2) is 9.18 Å². The van der Waals surface area contributed by atoms with E-state index in [1.807, 2.05) is 0 Å². The van der Waals surface area contributed by atoms with Crippen LogP contribution in [0.25, 0.3) is 0 Å². The van der Waals surface area contributed by atoms with E-state index in [-0.39, 0.29) is 24.1 Å². The first kappa shape index (κ1) is 27.9. The van der Waals surface area contributed by atoms with Crippen molar-refractivity contribution in [2.75, 3.05) is 14.2 Å². The van der Waals surface area contributed by atoms with Gasteiger partial charge in [-0.05, 0) is 17.2 Å². The van der Waals surface area contributed by atoms with Gasteiger partial charge < -0.3 is 20.1 Å². The Kier molecular flexibility index (Phi) is 10.0. The van der Waals surface area contributed by atoms with Crippen LogP contribution in [0.4, 0.5) is 10.1 Å². The molecule has 3 atom stereocenters. The van der Waals surface area contributed by atoms with Crippen molar-refractivity contribution in [2.45, 2.75) is 37.8 Å². The highest BCUT2D eigenvalue weighted by Gasteiger charge is 2.36. The lowest BCUT2D eigenvalue weighted by molar-refractivity contribution is -0.384. The van der Waals surface area contributed by atoms with Crippen molar-refractivity contribution in [3.63, 3.8) is 0 Å². The van der Waals surface area contributed by atoms with E-state index in [1.54, 1.807) is 6.07 Å². The second-order valence-electron chi connectivity index (χ2n) is 7.79. The normalized spacial score (nSPS) is 13.0. The number of methoxy groups -OCH3 is 2. The summed E-state index contributed by atoms with van der Waals surface area (Å²) in [4.78, 5) is 60.2. The van der Waals surface area contributed by atoms with Gasteiger partial charge in [-0.1, -0.05) is 30.3 Å². The number of nitrogens with one attached hydrogen (secondary N) is 2. The molecule has 0 unspecified atom stereocenters. The Labute approximate surface area is 206 Å². The van der Waals surface area contributed by atoms with E-state index in [1.165, 1.54) is 49.4 Å². The molecule has 2 rings (SSSR count). The van der Waals surface area contributed by atoms with Gasteiger partial charge in [-0.2, -0.15) is 0 Å². The summed E-state index contributed by atoms with van der Waals surface area (Å²) in [5, 5.41) is 15.9. The standard InChI is InChI=1S/C24H26FN3O8/c1-14(29)26-20(12-16-6-4-5-7-19(16)25)23(31)27-22(24(32)36-3)18(13-21(30)35-2)15-8-10-17(11-9-15)28(33)34/h4-11,18,20,22H,12-13H2,1-3H3,(H,26,29)(H,27,31)/t18-,20+,22+/m0/s1. The summed E-state index contributed by atoms with van der Waals surface area (Å²) in [5.74, 6) is -4.65. The Morgan fingerprint density at radius 1 is 1.00 bits per heavy atom. The number of hydrogen-bond acceptors (Lipinski definition) is 8. The molecule has 0 fully saturated rings. The van der Waals surface area contributed by atoms with Gasteiger partial charge in [0.05, 0.1) is 25.6 Å². The second kappa shape index (κ2) is 12.9. The molecule has 0 spiro atoms. The number of carbonyl (C=O) groups is 4. The lowest BCUT2D eigenvalue weighted by Crippen LogP contribution is -2.54. The van der Waals surface area contributed by atoms with Crippen molar-refractivity contribution >= 4 is 29.4 Å². The van der Waals surface area contributed by atoms with Crippen LogP contribution in [0.2, 0.25) is 0 Å². The Bertz CT molecular complexity index is 1120. The lowest BCUT2D eigenvalue weighted by Gasteiger charge is -2.28. The van der Waals surface area contributed by atoms with Gasteiger partial charge in [0.1, 0.15) is 17.9 Å². The third-order valence-electron chi connectivity index (χ3n) is 5.38. The number of amides is 2. The zero-order chi connectivity index (χ0) is 26.8. The number of hydrogen-bond donors (Lipinski definition) is 2. The molecule has 192 valence electrons. The zero-order valence-electron chi connectivity index (χ0n) is 19.9. The molecule has 36 heavy (non-hydrogen) atoms.